The van der Waals surface area contributed by atoms with Crippen LogP contribution >= 0.6 is 0 Å². The molecule has 0 fully saturated rings. The number of aromatic nitrogens is 2. The molecule has 0 aliphatic carbocycles. The molecule has 0 unspecified atom stereocenters. The van der Waals surface area contributed by atoms with Crippen LogP contribution in [0.3, 0.4) is 0 Å². The summed E-state index contributed by atoms with van der Waals surface area (Å²) in [5.74, 6) is -2.59. The van der Waals surface area contributed by atoms with Gasteiger partial charge in [0.15, 0.2) is 11.6 Å². The molecular formula is C18H16F2N4O4S. The van der Waals surface area contributed by atoms with Gasteiger partial charge in [0.25, 0.3) is 0 Å². The molecule has 1 N–H and O–H groups in total. The van der Waals surface area contributed by atoms with Crippen LogP contribution in [-0.4, -0.2) is 37.3 Å². The number of hydrogen-bond acceptors (Lipinski definition) is 6. The molecule has 3 rings (SSSR count). The molecule has 0 aliphatic rings. The van der Waals surface area contributed by atoms with Crippen molar-refractivity contribution in [2.45, 2.75) is 6.54 Å². The average molecular weight is 422 g/mol. The van der Waals surface area contributed by atoms with Crippen molar-refractivity contribution in [3.05, 3.63) is 66.1 Å². The highest BCUT2D eigenvalue weighted by atomic mass is 32.2. The third-order valence-corrected chi connectivity index (χ3v) is 4.96. The summed E-state index contributed by atoms with van der Waals surface area (Å²) in [5.41, 5.74) is 0.557. The van der Waals surface area contributed by atoms with E-state index >= 15 is 0 Å². The van der Waals surface area contributed by atoms with Crippen molar-refractivity contribution >= 4 is 21.6 Å². The van der Waals surface area contributed by atoms with Crippen LogP contribution in [0.1, 0.15) is 5.89 Å². The summed E-state index contributed by atoms with van der Waals surface area (Å²) in [6.45, 7) is -0.766. The summed E-state index contributed by atoms with van der Waals surface area (Å²) in [6.07, 6.45) is 0.853. The Balaban J connectivity index is 1.67. The van der Waals surface area contributed by atoms with Crippen molar-refractivity contribution in [2.75, 3.05) is 17.1 Å². The lowest BCUT2D eigenvalue weighted by atomic mass is 10.2. The molecule has 0 saturated heterocycles. The first kappa shape index (κ1) is 20.4. The quantitative estimate of drug-likeness (QED) is 0.625. The zero-order valence-electron chi connectivity index (χ0n) is 15.2. The first-order chi connectivity index (χ1) is 13.7. The van der Waals surface area contributed by atoms with E-state index in [1.54, 1.807) is 12.1 Å². The molecule has 0 atom stereocenters. The van der Waals surface area contributed by atoms with Crippen molar-refractivity contribution in [3.63, 3.8) is 0 Å². The van der Waals surface area contributed by atoms with Crippen LogP contribution in [-0.2, 0) is 21.4 Å². The number of amides is 1. The Kier molecular flexibility index (Phi) is 5.87. The Bertz CT molecular complexity index is 1120. The first-order valence-electron chi connectivity index (χ1n) is 8.31. The molecule has 11 heteroatoms. The molecule has 2 aromatic carbocycles. The molecule has 8 nitrogen and oxygen atoms in total. The Morgan fingerprint density at radius 3 is 2.52 bits per heavy atom. The molecule has 0 spiro atoms. The summed E-state index contributed by atoms with van der Waals surface area (Å²) in [4.78, 5) is 16.3. The van der Waals surface area contributed by atoms with Crippen molar-refractivity contribution in [2.24, 2.45) is 0 Å². The van der Waals surface area contributed by atoms with Gasteiger partial charge < -0.3 is 9.84 Å². The molecule has 0 bridgehead atoms. The monoisotopic (exact) mass is 422 g/mol. The molecule has 1 aromatic heterocycles. The van der Waals surface area contributed by atoms with Gasteiger partial charge in [0.05, 0.1) is 18.5 Å². The van der Waals surface area contributed by atoms with E-state index < -0.39 is 34.1 Å². The van der Waals surface area contributed by atoms with Gasteiger partial charge >= 0.3 is 0 Å². The summed E-state index contributed by atoms with van der Waals surface area (Å²) >= 11 is 0. The van der Waals surface area contributed by atoms with Crippen molar-refractivity contribution < 1.29 is 26.5 Å². The first-order valence-corrected chi connectivity index (χ1v) is 10.2. The number of carbonyl (C=O) groups is 1. The Labute approximate surface area is 165 Å². The van der Waals surface area contributed by atoms with Crippen LogP contribution in [0.4, 0.5) is 14.5 Å². The highest BCUT2D eigenvalue weighted by Gasteiger charge is 2.22. The van der Waals surface area contributed by atoms with Gasteiger partial charge in [0.1, 0.15) is 6.54 Å². The van der Waals surface area contributed by atoms with E-state index in [2.05, 4.69) is 15.5 Å². The minimum atomic E-state index is -3.93. The molecule has 3 aromatic rings. The Morgan fingerprint density at radius 2 is 1.86 bits per heavy atom. The zero-order chi connectivity index (χ0) is 21.0. The molecular weight excluding hydrogens is 406 g/mol. The molecule has 1 amide bonds. The van der Waals surface area contributed by atoms with Gasteiger partial charge in [-0.05, 0) is 12.1 Å². The Hall–Kier alpha value is -3.34. The summed E-state index contributed by atoms with van der Waals surface area (Å²) < 4.78 is 56.3. The normalized spacial score (nSPS) is 11.3. The zero-order valence-corrected chi connectivity index (χ0v) is 16.0. The predicted molar refractivity (Wildman–Crippen MR) is 100 cm³/mol. The number of anilines is 1. The maximum Gasteiger partial charge on any atom is 0.246 e. The van der Waals surface area contributed by atoms with Gasteiger partial charge in [-0.3, -0.25) is 9.10 Å². The van der Waals surface area contributed by atoms with Crippen LogP contribution in [0.5, 0.6) is 0 Å². The van der Waals surface area contributed by atoms with E-state index in [4.69, 9.17) is 4.52 Å². The molecule has 29 heavy (non-hydrogen) atoms. The molecule has 0 aliphatic heterocycles. The van der Waals surface area contributed by atoms with Gasteiger partial charge in [-0.2, -0.15) is 4.98 Å². The summed E-state index contributed by atoms with van der Waals surface area (Å²) in [6, 6.07) is 11.6. The third-order valence-electron chi connectivity index (χ3n) is 3.82. The second-order valence-electron chi connectivity index (χ2n) is 6.02. The number of hydrogen-bond donors (Lipinski definition) is 1. The molecule has 0 radical (unpaired) electrons. The van der Waals surface area contributed by atoms with E-state index in [0.29, 0.717) is 16.2 Å². The van der Waals surface area contributed by atoms with Crippen LogP contribution in [0.2, 0.25) is 0 Å². The number of halogens is 2. The minimum absolute atomic E-state index is 0.121. The molecule has 152 valence electrons. The number of carbonyl (C=O) groups excluding carboxylic acids is 1. The largest absolute Gasteiger partial charge is 0.345 e. The van der Waals surface area contributed by atoms with Crippen molar-refractivity contribution in [1.29, 1.82) is 0 Å². The van der Waals surface area contributed by atoms with Gasteiger partial charge in [-0.15, -0.1) is 0 Å². The standard InChI is InChI=1S/C18H16F2N4O4S/c1-29(26,27)24(13-7-8-14(19)15(20)9-13)11-16(25)21-10-17-22-18(23-28-17)12-5-3-2-4-6-12/h2-9H,10-11H2,1H3,(H,21,25). The summed E-state index contributed by atoms with van der Waals surface area (Å²) in [5, 5.41) is 6.26. The van der Waals surface area contributed by atoms with Crippen LogP contribution in [0.15, 0.2) is 53.1 Å². The third kappa shape index (κ3) is 5.13. The molecule has 1 heterocycles. The number of sulfonamides is 1. The van der Waals surface area contributed by atoms with Gasteiger partial charge in [-0.1, -0.05) is 35.5 Å². The average Bonchev–Trinajstić information content (AvgIpc) is 3.16. The Morgan fingerprint density at radius 1 is 1.14 bits per heavy atom. The van der Waals surface area contributed by atoms with Crippen LogP contribution in [0, 0.1) is 11.6 Å². The SMILES string of the molecule is CS(=O)(=O)N(CC(=O)NCc1nc(-c2ccccc2)no1)c1ccc(F)c(F)c1. The number of nitrogens with zero attached hydrogens (tertiary/aromatic N) is 3. The topological polar surface area (TPSA) is 105 Å². The maximum absolute atomic E-state index is 13.5. The predicted octanol–water partition coefficient (Wildman–Crippen LogP) is 2.10. The lowest BCUT2D eigenvalue weighted by Gasteiger charge is -2.21. The fourth-order valence-corrected chi connectivity index (χ4v) is 3.28. The number of nitrogens with one attached hydrogen (secondary N) is 1. The van der Waals surface area contributed by atoms with E-state index in [1.807, 2.05) is 18.2 Å². The lowest BCUT2D eigenvalue weighted by molar-refractivity contribution is -0.119. The highest BCUT2D eigenvalue weighted by Crippen LogP contribution is 2.20. The van der Waals surface area contributed by atoms with Crippen molar-refractivity contribution in [1.82, 2.24) is 15.5 Å². The highest BCUT2D eigenvalue weighted by molar-refractivity contribution is 7.92. The van der Waals surface area contributed by atoms with Gasteiger partial charge in [-0.25, -0.2) is 17.2 Å². The van der Waals surface area contributed by atoms with E-state index in [9.17, 15) is 22.0 Å². The fraction of sp³-hybridized carbons (Fsp3) is 0.167. The second-order valence-corrected chi connectivity index (χ2v) is 7.93. The smallest absolute Gasteiger partial charge is 0.246 e. The number of benzene rings is 2. The minimum Gasteiger partial charge on any atom is -0.345 e. The maximum atomic E-state index is 13.5. The van der Waals surface area contributed by atoms with Crippen LogP contribution < -0.4 is 9.62 Å². The van der Waals surface area contributed by atoms with Gasteiger partial charge in [0, 0.05) is 11.6 Å². The van der Waals surface area contributed by atoms with E-state index in [0.717, 1.165) is 24.0 Å². The fourth-order valence-electron chi connectivity index (χ4n) is 2.43. The van der Waals surface area contributed by atoms with Crippen molar-refractivity contribution in [3.8, 4) is 11.4 Å². The summed E-state index contributed by atoms with van der Waals surface area (Å²) in [7, 11) is -3.93. The molecule has 0 saturated carbocycles. The van der Waals surface area contributed by atoms with Crippen LogP contribution in [0.25, 0.3) is 11.4 Å². The second kappa shape index (κ2) is 8.35. The van der Waals surface area contributed by atoms with E-state index in [1.165, 1.54) is 0 Å². The lowest BCUT2D eigenvalue weighted by Crippen LogP contribution is -2.40. The number of rotatable bonds is 7. The van der Waals surface area contributed by atoms with E-state index in [-0.39, 0.29) is 18.1 Å². The van der Waals surface area contributed by atoms with Gasteiger partial charge in [0.2, 0.25) is 27.6 Å².